The number of amides is 2. The number of carbonyl (C=O) groups excluding carboxylic acids is 1. The van der Waals surface area contributed by atoms with Crippen molar-refractivity contribution >= 4 is 12.0 Å². The van der Waals surface area contributed by atoms with Crippen LogP contribution in [0.4, 0.5) is 4.79 Å². The topological polar surface area (TPSA) is 78.4 Å². The molecule has 0 spiro atoms. The number of aliphatic carboxylic acids is 1. The molecule has 0 heterocycles. The third-order valence-corrected chi connectivity index (χ3v) is 3.74. The normalized spacial score (nSPS) is 24.8. The zero-order valence-corrected chi connectivity index (χ0v) is 12.1. The van der Waals surface area contributed by atoms with E-state index in [-0.39, 0.29) is 18.0 Å². The lowest BCUT2D eigenvalue weighted by Crippen LogP contribution is -2.51. The van der Waals surface area contributed by atoms with Gasteiger partial charge in [-0.3, -0.25) is 0 Å². The fraction of sp³-hybridized carbons (Fsp3) is 0.857. The first-order valence-corrected chi connectivity index (χ1v) is 7.20. The standard InChI is InChI=1S/C14H26N2O3/c1-9(2)8-12(13(17)18)16-14(19)15-11-7-5-4-6-10(11)3/h9-12H,4-8H2,1-3H3,(H,17,18)(H2,15,16,19)/t10-,11+,12-/m0/s1. The van der Waals surface area contributed by atoms with Gasteiger partial charge in [-0.25, -0.2) is 9.59 Å². The van der Waals surface area contributed by atoms with Gasteiger partial charge in [0.05, 0.1) is 0 Å². The lowest BCUT2D eigenvalue weighted by Gasteiger charge is -2.30. The average molecular weight is 270 g/mol. The lowest BCUT2D eigenvalue weighted by atomic mass is 9.86. The van der Waals surface area contributed by atoms with E-state index in [0.29, 0.717) is 12.3 Å². The largest absolute Gasteiger partial charge is 0.480 e. The van der Waals surface area contributed by atoms with Gasteiger partial charge in [0, 0.05) is 6.04 Å². The van der Waals surface area contributed by atoms with Crippen LogP contribution in [0.2, 0.25) is 0 Å². The minimum absolute atomic E-state index is 0.169. The maximum absolute atomic E-state index is 11.9. The van der Waals surface area contributed by atoms with E-state index in [1.807, 2.05) is 13.8 Å². The van der Waals surface area contributed by atoms with Crippen molar-refractivity contribution in [2.24, 2.45) is 11.8 Å². The van der Waals surface area contributed by atoms with Crippen molar-refractivity contribution in [2.75, 3.05) is 0 Å². The Bertz CT molecular complexity index is 318. The molecule has 3 atom stereocenters. The molecule has 5 heteroatoms. The van der Waals surface area contributed by atoms with Gasteiger partial charge < -0.3 is 15.7 Å². The second-order valence-corrected chi connectivity index (χ2v) is 6.01. The highest BCUT2D eigenvalue weighted by molar-refractivity contribution is 5.82. The summed E-state index contributed by atoms with van der Waals surface area (Å²) in [4.78, 5) is 23.0. The van der Waals surface area contributed by atoms with Crippen LogP contribution in [0.5, 0.6) is 0 Å². The van der Waals surface area contributed by atoms with Gasteiger partial charge in [0.1, 0.15) is 6.04 Å². The van der Waals surface area contributed by atoms with Crippen LogP contribution >= 0.6 is 0 Å². The second kappa shape index (κ2) is 7.36. The minimum Gasteiger partial charge on any atom is -0.480 e. The SMILES string of the molecule is CC(C)C[C@H](NC(=O)N[C@@H]1CCCC[C@@H]1C)C(=O)O. The molecule has 0 aromatic rings. The van der Waals surface area contributed by atoms with E-state index >= 15 is 0 Å². The number of hydrogen-bond donors (Lipinski definition) is 3. The van der Waals surface area contributed by atoms with Gasteiger partial charge in [0.25, 0.3) is 0 Å². The van der Waals surface area contributed by atoms with Gasteiger partial charge >= 0.3 is 12.0 Å². The van der Waals surface area contributed by atoms with E-state index in [1.54, 1.807) is 0 Å². The summed E-state index contributed by atoms with van der Waals surface area (Å²) in [7, 11) is 0. The van der Waals surface area contributed by atoms with Gasteiger partial charge in [0.2, 0.25) is 0 Å². The van der Waals surface area contributed by atoms with E-state index in [1.165, 1.54) is 6.42 Å². The molecule has 0 radical (unpaired) electrons. The third kappa shape index (κ3) is 5.49. The van der Waals surface area contributed by atoms with Crippen LogP contribution in [-0.2, 0) is 4.79 Å². The summed E-state index contributed by atoms with van der Waals surface area (Å²) in [6.45, 7) is 6.02. The summed E-state index contributed by atoms with van der Waals surface area (Å²) in [5.41, 5.74) is 0. The number of carboxylic acids is 1. The third-order valence-electron chi connectivity index (χ3n) is 3.74. The van der Waals surface area contributed by atoms with E-state index < -0.39 is 12.0 Å². The molecule has 2 amide bonds. The number of carbonyl (C=O) groups is 2. The minimum atomic E-state index is -0.972. The van der Waals surface area contributed by atoms with Gasteiger partial charge in [-0.15, -0.1) is 0 Å². The van der Waals surface area contributed by atoms with Crippen molar-refractivity contribution in [3.05, 3.63) is 0 Å². The van der Waals surface area contributed by atoms with Crippen molar-refractivity contribution in [3.8, 4) is 0 Å². The maximum Gasteiger partial charge on any atom is 0.326 e. The van der Waals surface area contributed by atoms with E-state index in [9.17, 15) is 9.59 Å². The van der Waals surface area contributed by atoms with Gasteiger partial charge in [-0.05, 0) is 31.1 Å². The molecule has 0 saturated heterocycles. The molecule has 110 valence electrons. The number of rotatable bonds is 5. The van der Waals surface area contributed by atoms with Crippen molar-refractivity contribution in [2.45, 2.75) is 65.0 Å². The van der Waals surface area contributed by atoms with Crippen LogP contribution < -0.4 is 10.6 Å². The first kappa shape index (κ1) is 15.8. The highest BCUT2D eigenvalue weighted by atomic mass is 16.4. The summed E-state index contributed by atoms with van der Waals surface area (Å²) < 4.78 is 0. The number of urea groups is 1. The Hall–Kier alpha value is -1.26. The molecule has 5 nitrogen and oxygen atoms in total. The highest BCUT2D eigenvalue weighted by Gasteiger charge is 2.25. The van der Waals surface area contributed by atoms with Crippen molar-refractivity contribution in [1.29, 1.82) is 0 Å². The van der Waals surface area contributed by atoms with Crippen LogP contribution in [0.15, 0.2) is 0 Å². The molecule has 1 fully saturated rings. The Morgan fingerprint density at radius 2 is 1.89 bits per heavy atom. The molecule has 19 heavy (non-hydrogen) atoms. The molecule has 0 aromatic heterocycles. The van der Waals surface area contributed by atoms with Gasteiger partial charge in [-0.1, -0.05) is 33.6 Å². The quantitative estimate of drug-likeness (QED) is 0.717. The predicted octanol–water partition coefficient (Wildman–Crippen LogP) is 2.36. The van der Waals surface area contributed by atoms with Crippen LogP contribution in [0.1, 0.15) is 52.9 Å². The molecule has 0 bridgehead atoms. The van der Waals surface area contributed by atoms with Crippen molar-refractivity contribution in [1.82, 2.24) is 10.6 Å². The lowest BCUT2D eigenvalue weighted by molar-refractivity contribution is -0.139. The van der Waals surface area contributed by atoms with Crippen LogP contribution in [-0.4, -0.2) is 29.2 Å². The Morgan fingerprint density at radius 1 is 1.26 bits per heavy atom. The molecule has 0 aromatic carbocycles. The van der Waals surface area contributed by atoms with E-state index in [0.717, 1.165) is 19.3 Å². The molecule has 0 aliphatic heterocycles. The Morgan fingerprint density at radius 3 is 2.42 bits per heavy atom. The molecule has 0 unspecified atom stereocenters. The van der Waals surface area contributed by atoms with E-state index in [2.05, 4.69) is 17.6 Å². The average Bonchev–Trinajstić information content (AvgIpc) is 2.30. The smallest absolute Gasteiger partial charge is 0.326 e. The second-order valence-electron chi connectivity index (χ2n) is 6.01. The zero-order chi connectivity index (χ0) is 14.4. The fourth-order valence-electron chi connectivity index (χ4n) is 2.59. The van der Waals surface area contributed by atoms with Gasteiger partial charge in [-0.2, -0.15) is 0 Å². The molecule has 1 aliphatic rings. The summed E-state index contributed by atoms with van der Waals surface area (Å²) in [5.74, 6) is -0.275. The zero-order valence-electron chi connectivity index (χ0n) is 12.1. The summed E-state index contributed by atoms with van der Waals surface area (Å²) in [6, 6.07) is -0.993. The first-order valence-electron chi connectivity index (χ1n) is 7.20. The van der Waals surface area contributed by atoms with Crippen molar-refractivity contribution in [3.63, 3.8) is 0 Å². The molecule has 1 aliphatic carbocycles. The fourth-order valence-corrected chi connectivity index (χ4v) is 2.59. The highest BCUT2D eigenvalue weighted by Crippen LogP contribution is 2.23. The maximum atomic E-state index is 11.9. The first-order chi connectivity index (χ1) is 8.90. The molecule has 1 saturated carbocycles. The summed E-state index contributed by atoms with van der Waals surface area (Å²) in [5, 5.41) is 14.6. The molecular formula is C14H26N2O3. The molecular weight excluding hydrogens is 244 g/mol. The van der Waals surface area contributed by atoms with Crippen molar-refractivity contribution < 1.29 is 14.7 Å². The number of carboxylic acid groups (broad SMARTS) is 1. The summed E-state index contributed by atoms with van der Waals surface area (Å²) in [6.07, 6.45) is 4.90. The Balaban J connectivity index is 2.45. The van der Waals surface area contributed by atoms with Crippen LogP contribution in [0.3, 0.4) is 0 Å². The monoisotopic (exact) mass is 270 g/mol. The van der Waals surface area contributed by atoms with Crippen LogP contribution in [0, 0.1) is 11.8 Å². The van der Waals surface area contributed by atoms with Gasteiger partial charge in [0.15, 0.2) is 0 Å². The predicted molar refractivity (Wildman–Crippen MR) is 74.0 cm³/mol. The summed E-state index contributed by atoms with van der Waals surface area (Å²) >= 11 is 0. The molecule has 3 N–H and O–H groups in total. The van der Waals surface area contributed by atoms with E-state index in [4.69, 9.17) is 5.11 Å². The Labute approximate surface area is 115 Å². The number of hydrogen-bond acceptors (Lipinski definition) is 2. The van der Waals surface area contributed by atoms with Crippen LogP contribution in [0.25, 0.3) is 0 Å². The molecule has 1 rings (SSSR count). The Kier molecular flexibility index (Phi) is 6.12. The number of nitrogens with one attached hydrogen (secondary N) is 2.